The summed E-state index contributed by atoms with van der Waals surface area (Å²) >= 11 is 0. The van der Waals surface area contributed by atoms with E-state index in [1.54, 1.807) is 119 Å². The number of piperidine rings is 2. The summed E-state index contributed by atoms with van der Waals surface area (Å²) in [5.41, 5.74) is 4.96. The van der Waals surface area contributed by atoms with Gasteiger partial charge < -0.3 is 48.9 Å². The molecule has 2 saturated heterocycles. The van der Waals surface area contributed by atoms with E-state index in [1.165, 1.54) is 61.2 Å². The number of anilines is 4. The number of aryl methyl sites for hydroxylation is 2. The molecule has 2 aliphatic heterocycles. The van der Waals surface area contributed by atoms with Crippen molar-refractivity contribution in [1.82, 2.24) is 59.3 Å². The number of pyridine rings is 2. The zero-order valence-electron chi connectivity index (χ0n) is 57.3. The van der Waals surface area contributed by atoms with Gasteiger partial charge in [-0.05, 0) is 98.8 Å². The maximum absolute atomic E-state index is 15.3. The van der Waals surface area contributed by atoms with Crippen LogP contribution in [0, 0.1) is 25.5 Å². The van der Waals surface area contributed by atoms with Crippen LogP contribution < -0.4 is 39.1 Å². The summed E-state index contributed by atoms with van der Waals surface area (Å²) in [7, 11) is -5.82. The Morgan fingerprint density at radius 1 is 0.509 bits per heavy atom. The minimum Gasteiger partial charge on any atom is -0.493 e. The molecule has 8 heterocycles. The number of hydrogen-bond acceptors (Lipinski definition) is 22. The number of nitrogens with one attached hydrogen (secondary N) is 2. The van der Waals surface area contributed by atoms with E-state index in [4.69, 9.17) is 37.5 Å². The van der Waals surface area contributed by atoms with Crippen molar-refractivity contribution in [1.29, 1.82) is 0 Å². The van der Waals surface area contributed by atoms with Gasteiger partial charge in [-0.2, -0.15) is 16.8 Å². The molecule has 6 aromatic carbocycles. The monoisotopic (exact) mass is 1480 g/mol. The molecule has 2 amide bonds. The first-order valence-corrected chi connectivity index (χ1v) is 35.6. The van der Waals surface area contributed by atoms with Crippen LogP contribution in [0.4, 0.5) is 31.8 Å². The number of rotatable bonds is 20. The first-order chi connectivity index (χ1) is 51.0. The van der Waals surface area contributed by atoms with Gasteiger partial charge in [-0.25, -0.2) is 38.1 Å². The van der Waals surface area contributed by atoms with Gasteiger partial charge in [0.1, 0.15) is 69.4 Å². The molecule has 0 saturated carbocycles. The predicted molar refractivity (Wildman–Crippen MR) is 388 cm³/mol. The van der Waals surface area contributed by atoms with E-state index in [0.29, 0.717) is 120 Å². The molecule has 0 aliphatic carbocycles. The Bertz CT molecular complexity index is 5170. The van der Waals surface area contributed by atoms with Crippen LogP contribution >= 0.6 is 0 Å². The number of carbonyl (C=O) groups is 2. The van der Waals surface area contributed by atoms with Crippen molar-refractivity contribution in [2.45, 2.75) is 61.5 Å². The fourth-order valence-electron chi connectivity index (χ4n) is 11.6. The van der Waals surface area contributed by atoms with Crippen molar-refractivity contribution in [3.63, 3.8) is 0 Å². The number of ether oxygens (including phenoxy) is 6. The number of halogens is 2. The normalized spacial score (nSPS) is 13.4. The van der Waals surface area contributed by atoms with Crippen molar-refractivity contribution < 1.29 is 72.7 Å². The number of hydrogen-bond donors (Lipinski definition) is 4. The number of fused-ring (bicyclic) bond motifs is 3. The second-order valence-corrected chi connectivity index (χ2v) is 26.8. The SMILES string of the molecule is C=CC(=O)N1CCC(Oc2cc3c(Nc4ccc(Oc5ccn(-c6ccc(C)nc6)n5)cc4F)ncnc3cc2OC)CC1.C=CC(=O)N1CCC(Oc2cc3c(Nc4ccc(Oc5ccn(-c6ccc(C)nc6)n5)cc4F)ncnc3cc2OC)CC1.O=S(=O)(O)c1cccc2c(S(=O)(=O)O)cccc12. The summed E-state index contributed by atoms with van der Waals surface area (Å²) in [5.74, 6) is 2.79. The lowest BCUT2D eigenvalue weighted by molar-refractivity contribution is -0.128. The summed E-state index contributed by atoms with van der Waals surface area (Å²) in [5, 5.41) is 16.2. The smallest absolute Gasteiger partial charge is 0.295 e. The van der Waals surface area contributed by atoms with E-state index < -0.39 is 41.7 Å². The first kappa shape index (κ1) is 73.2. The van der Waals surface area contributed by atoms with Gasteiger partial charge in [-0.1, -0.05) is 37.4 Å². The molecule has 4 N–H and O–H groups in total. The molecule has 32 heteroatoms. The number of aromatic nitrogens is 10. The minimum atomic E-state index is -4.47. The Morgan fingerprint density at radius 3 is 1.26 bits per heavy atom. The Labute approximate surface area is 606 Å². The summed E-state index contributed by atoms with van der Waals surface area (Å²) in [6.45, 7) is 13.2. The van der Waals surface area contributed by atoms with Crippen LogP contribution in [0.5, 0.6) is 46.3 Å². The second kappa shape index (κ2) is 32.0. The molecule has 0 bridgehead atoms. The Hall–Kier alpha value is -12.5. The summed E-state index contributed by atoms with van der Waals surface area (Å²) in [4.78, 5) is 52.6. The van der Waals surface area contributed by atoms with E-state index in [2.05, 4.69) is 63.9 Å². The average molecular weight is 1480 g/mol. The van der Waals surface area contributed by atoms with Crippen LogP contribution in [0.25, 0.3) is 44.0 Å². The number of carbonyl (C=O) groups excluding carboxylic acids is 2. The zero-order valence-corrected chi connectivity index (χ0v) is 58.9. The molecule has 2 aliphatic rings. The van der Waals surface area contributed by atoms with Crippen LogP contribution in [-0.2, 0) is 29.8 Å². The molecule has 0 radical (unpaired) electrons. The molecular weight excluding hydrogens is 1410 g/mol. The standard InChI is InChI=1S/2C32H30FN7O4.C10H8O6S2/c2*1-4-31(41)39-12-9-22(10-13-39)43-29-16-24-27(17-28(29)42-3)35-19-36-32(24)37-26-8-7-23(15-25(26)33)44-30-11-14-40(38-30)21-6-5-20(2)34-18-21;11-17(12,13)9-5-1-3-7-8(9)4-2-6-10(7)18(14,15)16/h2*4-8,11,14-19,22H,1,9-10,12-13H2,2-3H3,(H,35,36,37);1-6H,(H,11,12,13)(H,14,15,16). The fourth-order valence-corrected chi connectivity index (χ4v) is 13.0. The highest BCUT2D eigenvalue weighted by Gasteiger charge is 2.27. The molecule has 106 heavy (non-hydrogen) atoms. The minimum absolute atomic E-state index is 0.0233. The van der Waals surface area contributed by atoms with Crippen molar-refractivity contribution in [3.8, 4) is 57.6 Å². The van der Waals surface area contributed by atoms with Crippen LogP contribution in [0.1, 0.15) is 37.1 Å². The van der Waals surface area contributed by atoms with Gasteiger partial charge in [0.15, 0.2) is 23.0 Å². The number of amides is 2. The van der Waals surface area contributed by atoms with Crippen molar-refractivity contribution >= 4 is 87.6 Å². The Balaban J connectivity index is 0.000000162. The third kappa shape index (κ3) is 17.4. The van der Waals surface area contributed by atoms with E-state index in [-0.39, 0.29) is 57.7 Å². The highest BCUT2D eigenvalue weighted by atomic mass is 32.2. The maximum atomic E-state index is 15.3. The molecular formula is C74H68F2N14O14S2. The largest absolute Gasteiger partial charge is 0.493 e. The van der Waals surface area contributed by atoms with Crippen molar-refractivity contribution in [2.75, 3.05) is 51.0 Å². The third-order valence-corrected chi connectivity index (χ3v) is 18.8. The van der Waals surface area contributed by atoms with Gasteiger partial charge >= 0.3 is 0 Å². The molecule has 0 spiro atoms. The Morgan fingerprint density at radius 2 is 0.915 bits per heavy atom. The molecule has 0 unspecified atom stereocenters. The topological polar surface area (TPSA) is 342 Å². The number of likely N-dealkylation sites (tertiary alicyclic amines) is 2. The van der Waals surface area contributed by atoms with Gasteiger partial charge in [0.2, 0.25) is 23.6 Å². The Kier molecular flexibility index (Phi) is 22.1. The van der Waals surface area contributed by atoms with Crippen LogP contribution in [0.3, 0.4) is 0 Å². The average Bonchev–Trinajstić information content (AvgIpc) is 1.45. The van der Waals surface area contributed by atoms with Crippen molar-refractivity contribution in [2.24, 2.45) is 0 Å². The molecule has 2 fully saturated rings. The lowest BCUT2D eigenvalue weighted by Crippen LogP contribution is -2.41. The first-order valence-electron chi connectivity index (χ1n) is 32.8. The van der Waals surface area contributed by atoms with Crippen LogP contribution in [0.2, 0.25) is 0 Å². The highest BCUT2D eigenvalue weighted by molar-refractivity contribution is 7.86. The van der Waals surface area contributed by atoms with Gasteiger partial charge in [-0.3, -0.25) is 28.7 Å². The highest BCUT2D eigenvalue weighted by Crippen LogP contribution is 2.40. The summed E-state index contributed by atoms with van der Waals surface area (Å²) in [6, 6.07) is 34.5. The maximum Gasteiger partial charge on any atom is 0.295 e. The fraction of sp³-hybridized carbons (Fsp3) is 0.189. The van der Waals surface area contributed by atoms with E-state index >= 15 is 8.78 Å². The van der Waals surface area contributed by atoms with Gasteiger partial charge in [0.25, 0.3) is 20.2 Å². The summed E-state index contributed by atoms with van der Waals surface area (Å²) < 4.78 is 132. The summed E-state index contributed by atoms with van der Waals surface area (Å²) in [6.07, 6.45) is 14.8. The van der Waals surface area contributed by atoms with Gasteiger partial charge in [-0.15, -0.1) is 10.2 Å². The number of methoxy groups -OCH3 is 2. The quantitative estimate of drug-likeness (QED) is 0.0407. The number of benzene rings is 6. The van der Waals surface area contributed by atoms with Gasteiger partial charge in [0.05, 0.1) is 60.4 Å². The van der Waals surface area contributed by atoms with E-state index in [9.17, 15) is 26.4 Å². The van der Waals surface area contributed by atoms with E-state index in [1.807, 2.05) is 38.1 Å². The predicted octanol–water partition coefficient (Wildman–Crippen LogP) is 12.8. The molecule has 28 nitrogen and oxygen atoms in total. The molecule has 544 valence electrons. The zero-order chi connectivity index (χ0) is 74.8. The lowest BCUT2D eigenvalue weighted by atomic mass is 10.1. The molecule has 6 aromatic heterocycles. The van der Waals surface area contributed by atoms with Crippen LogP contribution in [-0.4, -0.2) is 150 Å². The van der Waals surface area contributed by atoms with Gasteiger partial charge in [0, 0.05) is 134 Å². The van der Waals surface area contributed by atoms with Crippen LogP contribution in [0.15, 0.2) is 206 Å². The lowest BCUT2D eigenvalue weighted by Gasteiger charge is -2.31. The van der Waals surface area contributed by atoms with Crippen molar-refractivity contribution in [3.05, 3.63) is 219 Å². The number of nitrogens with zero attached hydrogens (tertiary/aromatic N) is 12. The second-order valence-electron chi connectivity index (χ2n) is 24.0. The molecule has 12 aromatic rings. The molecule has 0 atom stereocenters. The third-order valence-electron chi connectivity index (χ3n) is 17.0. The molecule has 14 rings (SSSR count). The van der Waals surface area contributed by atoms with E-state index in [0.717, 1.165) is 34.9 Å².